The summed E-state index contributed by atoms with van der Waals surface area (Å²) in [7, 11) is 0. The van der Waals surface area contributed by atoms with Crippen molar-refractivity contribution >= 4 is 12.0 Å². The van der Waals surface area contributed by atoms with Crippen LogP contribution in [-0.2, 0) is 4.74 Å². The number of amides is 2. The van der Waals surface area contributed by atoms with Gasteiger partial charge in [-0.1, -0.05) is 0 Å². The number of piperazine rings is 1. The molecule has 20 heavy (non-hydrogen) atoms. The van der Waals surface area contributed by atoms with E-state index in [1.165, 1.54) is 24.5 Å². The van der Waals surface area contributed by atoms with E-state index in [-0.39, 0.29) is 12.0 Å². The van der Waals surface area contributed by atoms with Crippen LogP contribution >= 0.6 is 0 Å². The number of rotatable bonds is 2. The van der Waals surface area contributed by atoms with Crippen molar-refractivity contribution in [1.29, 1.82) is 0 Å². The molecule has 1 aromatic rings. The summed E-state index contributed by atoms with van der Waals surface area (Å²) in [4.78, 5) is 27.0. The number of carbonyl (C=O) groups is 2. The molecule has 0 radical (unpaired) electrons. The molecule has 0 atom stereocenters. The Bertz CT molecular complexity index is 481. The monoisotopic (exact) mass is 279 g/mol. The summed E-state index contributed by atoms with van der Waals surface area (Å²) in [6.07, 6.45) is 2.25. The number of hydrogen-bond acceptors (Lipinski definition) is 4. The Hall–Kier alpha value is -2.31. The van der Waals surface area contributed by atoms with Gasteiger partial charge in [0.15, 0.2) is 12.4 Å². The quantitative estimate of drug-likeness (QED) is 0.574. The number of carbonyl (C=O) groups excluding carboxylic acids is 2. The highest BCUT2D eigenvalue weighted by Crippen LogP contribution is 2.08. The molecule has 1 fully saturated rings. The minimum Gasteiger partial charge on any atom is -0.619 e. The van der Waals surface area contributed by atoms with E-state index in [0.29, 0.717) is 43.1 Å². The number of ether oxygens (including phenoxy) is 1. The highest BCUT2D eigenvalue weighted by molar-refractivity contribution is 5.94. The van der Waals surface area contributed by atoms with Crippen LogP contribution in [0.4, 0.5) is 4.79 Å². The van der Waals surface area contributed by atoms with E-state index >= 15 is 0 Å². The zero-order valence-corrected chi connectivity index (χ0v) is 11.3. The number of pyridine rings is 1. The third-order valence-electron chi connectivity index (χ3n) is 3.14. The molecule has 108 valence electrons. The lowest BCUT2D eigenvalue weighted by Gasteiger charge is -2.34. The van der Waals surface area contributed by atoms with E-state index in [1.807, 2.05) is 0 Å². The van der Waals surface area contributed by atoms with Gasteiger partial charge < -0.3 is 19.7 Å². The van der Waals surface area contributed by atoms with E-state index in [1.54, 1.807) is 16.7 Å². The van der Waals surface area contributed by atoms with Gasteiger partial charge in [0.05, 0.1) is 12.2 Å². The largest absolute Gasteiger partial charge is 0.619 e. The van der Waals surface area contributed by atoms with Gasteiger partial charge in [0, 0.05) is 38.3 Å². The van der Waals surface area contributed by atoms with Crippen LogP contribution in [0.5, 0.6) is 0 Å². The molecule has 1 aliphatic rings. The molecule has 1 aromatic heterocycles. The van der Waals surface area contributed by atoms with Crippen molar-refractivity contribution in [2.45, 2.75) is 6.92 Å². The Morgan fingerprint density at radius 2 is 1.75 bits per heavy atom. The molecule has 0 saturated carbocycles. The second-order valence-electron chi connectivity index (χ2n) is 4.42. The van der Waals surface area contributed by atoms with Gasteiger partial charge in [-0.05, 0) is 6.92 Å². The van der Waals surface area contributed by atoms with Crippen LogP contribution in [0, 0.1) is 5.21 Å². The van der Waals surface area contributed by atoms with Gasteiger partial charge in [-0.25, -0.2) is 4.79 Å². The van der Waals surface area contributed by atoms with Crippen molar-refractivity contribution in [3.8, 4) is 0 Å². The average Bonchev–Trinajstić information content (AvgIpc) is 2.48. The second kappa shape index (κ2) is 6.23. The Balaban J connectivity index is 1.92. The minimum atomic E-state index is -0.341. The van der Waals surface area contributed by atoms with E-state index in [0.717, 1.165) is 0 Å². The fourth-order valence-electron chi connectivity index (χ4n) is 2.04. The molecule has 0 aromatic carbocycles. The maximum Gasteiger partial charge on any atom is 0.409 e. The van der Waals surface area contributed by atoms with E-state index in [4.69, 9.17) is 4.74 Å². The molecule has 2 amide bonds. The van der Waals surface area contributed by atoms with Crippen molar-refractivity contribution < 1.29 is 19.1 Å². The van der Waals surface area contributed by atoms with E-state index in [9.17, 15) is 14.8 Å². The first-order valence-electron chi connectivity index (χ1n) is 6.51. The van der Waals surface area contributed by atoms with Crippen LogP contribution in [0.3, 0.4) is 0 Å². The summed E-state index contributed by atoms with van der Waals surface area (Å²) in [6.45, 7) is 3.94. The first kappa shape index (κ1) is 14.1. The predicted octanol–water partition coefficient (Wildman–Crippen LogP) is 0.234. The molecular formula is C13H17N3O4. The number of nitrogens with zero attached hydrogens (tertiary/aromatic N) is 3. The lowest BCUT2D eigenvalue weighted by atomic mass is 10.2. The highest BCUT2D eigenvalue weighted by Gasteiger charge is 2.25. The van der Waals surface area contributed by atoms with Crippen molar-refractivity contribution in [3.63, 3.8) is 0 Å². The predicted molar refractivity (Wildman–Crippen MR) is 69.9 cm³/mol. The third-order valence-corrected chi connectivity index (χ3v) is 3.14. The zero-order chi connectivity index (χ0) is 14.5. The Kier molecular flexibility index (Phi) is 4.39. The molecule has 0 spiro atoms. The third kappa shape index (κ3) is 3.17. The second-order valence-corrected chi connectivity index (χ2v) is 4.42. The molecule has 0 bridgehead atoms. The molecule has 7 heteroatoms. The highest BCUT2D eigenvalue weighted by atomic mass is 16.6. The maximum atomic E-state index is 12.2. The van der Waals surface area contributed by atoms with Crippen molar-refractivity contribution in [2.24, 2.45) is 0 Å². The molecule has 1 saturated heterocycles. The summed E-state index contributed by atoms with van der Waals surface area (Å²) in [5.41, 5.74) is 0.474. The first-order chi connectivity index (χ1) is 9.61. The van der Waals surface area contributed by atoms with Crippen LogP contribution in [0.15, 0.2) is 24.5 Å². The van der Waals surface area contributed by atoms with Crippen LogP contribution in [0.1, 0.15) is 17.3 Å². The Morgan fingerprint density at radius 3 is 2.30 bits per heavy atom. The normalized spacial score (nSPS) is 15.1. The van der Waals surface area contributed by atoms with Crippen LogP contribution < -0.4 is 4.73 Å². The zero-order valence-electron chi connectivity index (χ0n) is 11.3. The number of hydrogen-bond donors (Lipinski definition) is 0. The summed E-state index contributed by atoms with van der Waals surface area (Å²) >= 11 is 0. The molecular weight excluding hydrogens is 262 g/mol. The van der Waals surface area contributed by atoms with Gasteiger partial charge in [-0.15, -0.1) is 0 Å². The average molecular weight is 279 g/mol. The van der Waals surface area contributed by atoms with Crippen LogP contribution in [-0.4, -0.2) is 54.6 Å². The minimum absolute atomic E-state index is 0.130. The van der Waals surface area contributed by atoms with Gasteiger partial charge >= 0.3 is 6.09 Å². The molecule has 0 unspecified atom stereocenters. The van der Waals surface area contributed by atoms with Gasteiger partial charge in [-0.3, -0.25) is 4.79 Å². The van der Waals surface area contributed by atoms with Gasteiger partial charge in [0.25, 0.3) is 5.91 Å². The van der Waals surface area contributed by atoms with Crippen LogP contribution in [0.2, 0.25) is 0 Å². The van der Waals surface area contributed by atoms with Gasteiger partial charge in [-0.2, -0.15) is 4.73 Å². The van der Waals surface area contributed by atoms with E-state index < -0.39 is 0 Å². The maximum absolute atomic E-state index is 12.2. The fraction of sp³-hybridized carbons (Fsp3) is 0.462. The Morgan fingerprint density at radius 1 is 1.20 bits per heavy atom. The van der Waals surface area contributed by atoms with Crippen molar-refractivity contribution in [2.75, 3.05) is 32.8 Å². The SMILES string of the molecule is CCOC(=O)N1CCN(C(=O)c2cc[n+]([O-])cc2)CC1. The van der Waals surface area contributed by atoms with Crippen LogP contribution in [0.25, 0.3) is 0 Å². The summed E-state index contributed by atoms with van der Waals surface area (Å²) in [5.74, 6) is -0.130. The summed E-state index contributed by atoms with van der Waals surface area (Å²) < 4.78 is 5.56. The van der Waals surface area contributed by atoms with Gasteiger partial charge in [0.1, 0.15) is 0 Å². The summed E-state index contributed by atoms with van der Waals surface area (Å²) in [5, 5.41) is 10.9. The molecule has 1 aliphatic heterocycles. The number of aromatic nitrogens is 1. The van der Waals surface area contributed by atoms with E-state index in [2.05, 4.69) is 0 Å². The fourth-order valence-corrected chi connectivity index (χ4v) is 2.04. The molecule has 0 aliphatic carbocycles. The lowest BCUT2D eigenvalue weighted by Crippen LogP contribution is -2.50. The molecule has 0 N–H and O–H groups in total. The smallest absolute Gasteiger partial charge is 0.409 e. The van der Waals surface area contributed by atoms with Crippen molar-refractivity contribution in [1.82, 2.24) is 9.80 Å². The van der Waals surface area contributed by atoms with Crippen molar-refractivity contribution in [3.05, 3.63) is 35.3 Å². The topological polar surface area (TPSA) is 76.8 Å². The molecule has 7 nitrogen and oxygen atoms in total. The van der Waals surface area contributed by atoms with Gasteiger partial charge in [0.2, 0.25) is 0 Å². The lowest BCUT2D eigenvalue weighted by molar-refractivity contribution is -0.605. The first-order valence-corrected chi connectivity index (χ1v) is 6.51. The molecule has 2 rings (SSSR count). The Labute approximate surface area is 116 Å². The standard InChI is InChI=1S/C13H17N3O4/c1-2-20-13(18)15-9-7-14(8-10-15)12(17)11-3-5-16(19)6-4-11/h3-6H,2,7-10H2,1H3. The molecule has 2 heterocycles. The summed E-state index contributed by atoms with van der Waals surface area (Å²) in [6, 6.07) is 2.99.